The first-order valence-corrected chi connectivity index (χ1v) is 19.3. The Kier molecular flexibility index (Phi) is 10.7. The number of hydrogen-bond acceptors (Lipinski definition) is 6. The minimum absolute atomic E-state index is 0.242. The highest BCUT2D eigenvalue weighted by Crippen LogP contribution is 2.37. The van der Waals surface area contributed by atoms with Crippen molar-refractivity contribution in [3.63, 3.8) is 0 Å². The number of anilines is 1. The molecule has 1 aromatic rings. The van der Waals surface area contributed by atoms with E-state index in [1.54, 1.807) is 11.2 Å². The van der Waals surface area contributed by atoms with Gasteiger partial charge in [-0.3, -0.25) is 5.01 Å². The van der Waals surface area contributed by atoms with Crippen molar-refractivity contribution in [2.24, 2.45) is 0 Å². The Morgan fingerprint density at radius 2 is 1.88 bits per heavy atom. The van der Waals surface area contributed by atoms with E-state index >= 15 is 0 Å². The Hall–Kier alpha value is -2.53. The molecule has 3 aliphatic rings. The van der Waals surface area contributed by atoms with Crippen LogP contribution in [0.3, 0.4) is 0 Å². The maximum absolute atomic E-state index is 13.3. The van der Waals surface area contributed by atoms with Crippen molar-refractivity contribution >= 4 is 43.1 Å². The van der Waals surface area contributed by atoms with E-state index in [1.165, 1.54) is 22.6 Å². The van der Waals surface area contributed by atoms with Crippen molar-refractivity contribution < 1.29 is 19.1 Å². The van der Waals surface area contributed by atoms with E-state index in [4.69, 9.17) is 21.1 Å². The molecule has 42 heavy (non-hydrogen) atoms. The normalized spacial score (nSPS) is 18.6. The average molecular weight is 618 g/mol. The molecule has 232 valence electrons. The zero-order valence-electron chi connectivity index (χ0n) is 26.1. The summed E-state index contributed by atoms with van der Waals surface area (Å²) in [5, 5.41) is 6.46. The van der Waals surface area contributed by atoms with Crippen LogP contribution in [-0.4, -0.2) is 67.1 Å². The zero-order valence-corrected chi connectivity index (χ0v) is 27.9. The van der Waals surface area contributed by atoms with Crippen LogP contribution in [0.1, 0.15) is 76.3 Å². The number of allylic oxidation sites excluding steroid dienone is 2. The van der Waals surface area contributed by atoms with E-state index < -0.39 is 13.7 Å². The third kappa shape index (κ3) is 9.23. The lowest BCUT2D eigenvalue weighted by molar-refractivity contribution is 0.0132. The van der Waals surface area contributed by atoms with E-state index in [9.17, 15) is 9.59 Å². The van der Waals surface area contributed by atoms with Gasteiger partial charge in [-0.15, -0.1) is 5.53 Å². The maximum Gasteiger partial charge on any atom is 0.410 e. The van der Waals surface area contributed by atoms with Gasteiger partial charge in [-0.05, 0) is 94.5 Å². The molecule has 0 saturated carbocycles. The third-order valence-electron chi connectivity index (χ3n) is 7.70. The van der Waals surface area contributed by atoms with Crippen LogP contribution < -0.4 is 10.9 Å². The molecule has 2 heterocycles. The zero-order chi connectivity index (χ0) is 30.5. The summed E-state index contributed by atoms with van der Waals surface area (Å²) < 4.78 is 11.4. The first kappa shape index (κ1) is 32.4. The van der Waals surface area contributed by atoms with Gasteiger partial charge in [-0.1, -0.05) is 43.4 Å². The van der Waals surface area contributed by atoms with Crippen LogP contribution in [0.15, 0.2) is 35.6 Å². The van der Waals surface area contributed by atoms with Gasteiger partial charge in [0.25, 0.3) is 0 Å². The van der Waals surface area contributed by atoms with Crippen molar-refractivity contribution in [1.82, 2.24) is 20.5 Å². The number of nitrogens with one attached hydrogen (secondary N) is 2. The summed E-state index contributed by atoms with van der Waals surface area (Å²) in [5.74, 6) is 0.341. The summed E-state index contributed by atoms with van der Waals surface area (Å²) >= 11 is 6.40. The first-order chi connectivity index (χ1) is 19.8. The molecular weight excluding hydrogens is 570 g/mol. The second kappa shape index (κ2) is 13.8. The number of halogens is 1. The van der Waals surface area contributed by atoms with Crippen LogP contribution in [0.5, 0.6) is 0 Å². The number of benzene rings is 1. The Bertz CT molecular complexity index is 1180. The van der Waals surface area contributed by atoms with E-state index in [2.05, 4.69) is 48.7 Å². The fraction of sp³-hybridized carbons (Fsp3) is 0.613. The molecule has 4 rings (SSSR count). The highest BCUT2D eigenvalue weighted by molar-refractivity contribution is 6.76. The Balaban J connectivity index is 1.41. The first-order valence-electron chi connectivity index (χ1n) is 15.2. The lowest BCUT2D eigenvalue weighted by atomic mass is 9.85. The summed E-state index contributed by atoms with van der Waals surface area (Å²) in [6, 6.07) is 7.09. The van der Waals surface area contributed by atoms with Gasteiger partial charge in [-0.25, -0.2) is 14.6 Å². The summed E-state index contributed by atoms with van der Waals surface area (Å²) in [7, 11) is -1.19. The second-order valence-corrected chi connectivity index (χ2v) is 19.7. The van der Waals surface area contributed by atoms with Crippen LogP contribution in [0.2, 0.25) is 25.7 Å². The molecule has 11 heteroatoms. The highest BCUT2D eigenvalue weighted by Gasteiger charge is 2.29. The number of rotatable bonds is 8. The van der Waals surface area contributed by atoms with Gasteiger partial charge in [-0.2, -0.15) is 0 Å². The van der Waals surface area contributed by atoms with Gasteiger partial charge < -0.3 is 19.7 Å². The number of nitrogens with zero attached hydrogens (tertiary/aromatic N) is 3. The number of hydrazine groups is 2. The predicted molar refractivity (Wildman–Crippen MR) is 171 cm³/mol. The van der Waals surface area contributed by atoms with Crippen molar-refractivity contribution in [2.75, 3.05) is 31.7 Å². The van der Waals surface area contributed by atoms with Crippen LogP contribution in [0, 0.1) is 0 Å². The quantitative estimate of drug-likeness (QED) is 0.177. The molecular formula is C31H48ClN5O4Si. The van der Waals surface area contributed by atoms with E-state index in [0.717, 1.165) is 49.4 Å². The van der Waals surface area contributed by atoms with Crippen molar-refractivity contribution in [2.45, 2.75) is 96.5 Å². The van der Waals surface area contributed by atoms with Gasteiger partial charge in [0.15, 0.2) is 0 Å². The van der Waals surface area contributed by atoms with E-state index in [0.29, 0.717) is 30.8 Å². The summed E-state index contributed by atoms with van der Waals surface area (Å²) in [6.45, 7) is 14.9. The molecule has 0 radical (unpaired) electrons. The minimum atomic E-state index is -1.19. The molecule has 1 aromatic carbocycles. The van der Waals surface area contributed by atoms with Gasteiger partial charge in [0.1, 0.15) is 17.5 Å². The fourth-order valence-corrected chi connectivity index (χ4v) is 6.22. The number of carbonyl (C=O) groups excluding carboxylic acids is 2. The summed E-state index contributed by atoms with van der Waals surface area (Å²) in [6.07, 6.45) is 9.72. The van der Waals surface area contributed by atoms with Crippen LogP contribution >= 0.6 is 11.6 Å². The molecule has 1 saturated heterocycles. The lowest BCUT2D eigenvalue weighted by Crippen LogP contribution is -2.45. The van der Waals surface area contributed by atoms with Crippen molar-refractivity contribution in [3.05, 3.63) is 46.8 Å². The second-order valence-electron chi connectivity index (χ2n) is 13.6. The monoisotopic (exact) mass is 617 g/mol. The minimum Gasteiger partial charge on any atom is -0.444 e. The topological polar surface area (TPSA) is 86.4 Å². The van der Waals surface area contributed by atoms with E-state index in [1.807, 2.05) is 31.7 Å². The molecule has 0 spiro atoms. The molecule has 0 atom stereocenters. The van der Waals surface area contributed by atoms with Gasteiger partial charge in [0, 0.05) is 39.0 Å². The van der Waals surface area contributed by atoms with Crippen LogP contribution in [-0.2, 0) is 9.47 Å². The average Bonchev–Trinajstić information content (AvgIpc) is 3.31. The number of urea groups is 1. The molecule has 3 amide bonds. The lowest BCUT2D eigenvalue weighted by Gasteiger charge is -2.34. The number of hydrogen-bond donors (Lipinski definition) is 2. The number of ether oxygens (including phenoxy) is 2. The SMILES string of the molecule is CC(C)(C)OC(=O)N1CCC(c2ccc(NC(=O)N3C=C(Cl)N(COCC[Si](C)(C)C)N3)c(C3=CCCCC3)c2)CC1. The summed E-state index contributed by atoms with van der Waals surface area (Å²) in [4.78, 5) is 27.7. The smallest absolute Gasteiger partial charge is 0.410 e. The van der Waals surface area contributed by atoms with Crippen molar-refractivity contribution in [3.8, 4) is 0 Å². The standard InChI is InChI=1S/C31H48ClN5O4Si/c1-31(2,3)41-30(39)35-16-14-23(15-17-35)25-12-13-27(26(20-25)24-10-8-7-9-11-24)33-29(38)36-21-28(32)37(34-36)22-40-18-19-42(4,5)6/h10,12-13,20-21,23,34H,7-9,11,14-19,22H2,1-6H3,(H,33,38). The third-order valence-corrected chi connectivity index (χ3v) is 9.70. The Morgan fingerprint density at radius 3 is 2.52 bits per heavy atom. The molecule has 1 fully saturated rings. The van der Waals surface area contributed by atoms with Crippen LogP contribution in [0.25, 0.3) is 5.57 Å². The fourth-order valence-electron chi connectivity index (χ4n) is 5.28. The molecule has 2 aliphatic heterocycles. The summed E-state index contributed by atoms with van der Waals surface area (Å²) in [5.41, 5.74) is 6.86. The Morgan fingerprint density at radius 1 is 1.14 bits per heavy atom. The largest absolute Gasteiger partial charge is 0.444 e. The van der Waals surface area contributed by atoms with Gasteiger partial charge >= 0.3 is 12.1 Å². The predicted octanol–water partition coefficient (Wildman–Crippen LogP) is 7.68. The van der Waals surface area contributed by atoms with Gasteiger partial charge in [0.05, 0.1) is 6.20 Å². The number of carbonyl (C=O) groups is 2. The van der Waals surface area contributed by atoms with Crippen LogP contribution in [0.4, 0.5) is 15.3 Å². The molecule has 0 bridgehead atoms. The van der Waals surface area contributed by atoms with E-state index in [-0.39, 0.29) is 18.9 Å². The molecule has 9 nitrogen and oxygen atoms in total. The molecule has 1 aliphatic carbocycles. The molecule has 2 N–H and O–H groups in total. The van der Waals surface area contributed by atoms with Crippen molar-refractivity contribution in [1.29, 1.82) is 0 Å². The van der Waals surface area contributed by atoms with Gasteiger partial charge in [0.2, 0.25) is 0 Å². The molecule has 0 aromatic heterocycles. The number of amides is 3. The number of likely N-dealkylation sites (tertiary alicyclic amines) is 1. The number of piperidine rings is 1. The molecule has 0 unspecified atom stereocenters. The highest BCUT2D eigenvalue weighted by atomic mass is 35.5. The Labute approximate surface area is 257 Å². The maximum atomic E-state index is 13.3.